The molecule has 0 fully saturated rings. The van der Waals surface area contributed by atoms with Crippen LogP contribution >= 0.6 is 11.3 Å². The quantitative estimate of drug-likeness (QED) is 0.911. The van der Waals surface area contributed by atoms with Crippen LogP contribution in [0.2, 0.25) is 0 Å². The summed E-state index contributed by atoms with van der Waals surface area (Å²) >= 11 is 1.67. The Bertz CT molecular complexity index is 594. The number of carbonyl (C=O) groups excluding carboxylic acids is 1. The van der Waals surface area contributed by atoms with E-state index < -0.39 is 0 Å². The van der Waals surface area contributed by atoms with Crippen LogP contribution in [0.4, 0.5) is 0 Å². The Morgan fingerprint density at radius 1 is 1.35 bits per heavy atom. The molecule has 0 saturated carbocycles. The van der Waals surface area contributed by atoms with Crippen molar-refractivity contribution in [3.05, 3.63) is 57.8 Å². The number of hydrogen-bond acceptors (Lipinski definition) is 3. The van der Waals surface area contributed by atoms with Crippen LogP contribution in [-0.2, 0) is 11.2 Å². The maximum atomic E-state index is 12.5. The zero-order valence-electron chi connectivity index (χ0n) is 11.4. The van der Waals surface area contributed by atoms with Crippen molar-refractivity contribution in [1.82, 2.24) is 10.6 Å². The van der Waals surface area contributed by atoms with Gasteiger partial charge >= 0.3 is 0 Å². The lowest BCUT2D eigenvalue weighted by molar-refractivity contribution is -0.124. The van der Waals surface area contributed by atoms with Crippen molar-refractivity contribution in [1.29, 1.82) is 0 Å². The molecule has 1 amide bonds. The lowest BCUT2D eigenvalue weighted by Crippen LogP contribution is -2.42. The molecule has 1 aliphatic heterocycles. The molecule has 2 heterocycles. The Balaban J connectivity index is 1.75. The maximum Gasteiger partial charge on any atom is 0.242 e. The third-order valence-electron chi connectivity index (χ3n) is 3.70. The second-order valence-corrected chi connectivity index (χ2v) is 6.06. The molecule has 2 unspecified atom stereocenters. The Labute approximate surface area is 123 Å². The average Bonchev–Trinajstić information content (AvgIpc) is 3.01. The van der Waals surface area contributed by atoms with Crippen LogP contribution in [0.15, 0.2) is 41.8 Å². The van der Waals surface area contributed by atoms with Crippen LogP contribution in [-0.4, -0.2) is 12.5 Å². The average molecular weight is 286 g/mol. The van der Waals surface area contributed by atoms with Crippen LogP contribution in [0.1, 0.15) is 35.0 Å². The Morgan fingerprint density at radius 3 is 3.00 bits per heavy atom. The largest absolute Gasteiger partial charge is 0.347 e. The smallest absolute Gasteiger partial charge is 0.242 e. The first-order valence-corrected chi connectivity index (χ1v) is 7.78. The van der Waals surface area contributed by atoms with Crippen LogP contribution in [0, 0.1) is 0 Å². The third kappa shape index (κ3) is 2.62. The van der Waals surface area contributed by atoms with Gasteiger partial charge in [0.15, 0.2) is 0 Å². The van der Waals surface area contributed by atoms with Crippen LogP contribution < -0.4 is 10.6 Å². The van der Waals surface area contributed by atoms with E-state index in [9.17, 15) is 4.79 Å². The number of fused-ring (bicyclic) bond motifs is 1. The highest BCUT2D eigenvalue weighted by atomic mass is 32.1. The molecule has 1 aromatic carbocycles. The lowest BCUT2D eigenvalue weighted by atomic mass is 9.94. The molecule has 2 N–H and O–H groups in total. The zero-order chi connectivity index (χ0) is 13.9. The van der Waals surface area contributed by atoms with E-state index >= 15 is 0 Å². The number of hydrogen-bond donors (Lipinski definition) is 2. The highest BCUT2D eigenvalue weighted by Gasteiger charge is 2.26. The van der Waals surface area contributed by atoms with Crippen molar-refractivity contribution in [2.24, 2.45) is 0 Å². The molecule has 104 valence electrons. The summed E-state index contributed by atoms with van der Waals surface area (Å²) in [6, 6.07) is 12.1. The monoisotopic (exact) mass is 286 g/mol. The molecule has 0 aliphatic carbocycles. The third-order valence-corrected chi connectivity index (χ3v) is 4.75. The molecule has 0 bridgehead atoms. The second-order valence-electron chi connectivity index (χ2n) is 5.08. The van der Waals surface area contributed by atoms with Gasteiger partial charge in [0.1, 0.15) is 6.04 Å². The van der Waals surface area contributed by atoms with Crippen molar-refractivity contribution in [3.63, 3.8) is 0 Å². The summed E-state index contributed by atoms with van der Waals surface area (Å²) in [6.07, 6.45) is 0.987. The molecule has 3 nitrogen and oxygen atoms in total. The number of nitrogens with one attached hydrogen (secondary N) is 2. The fourth-order valence-electron chi connectivity index (χ4n) is 2.64. The van der Waals surface area contributed by atoms with Gasteiger partial charge in [0, 0.05) is 11.4 Å². The molecule has 3 rings (SSSR count). The van der Waals surface area contributed by atoms with Crippen LogP contribution in [0.3, 0.4) is 0 Å². The number of thiophene rings is 1. The predicted molar refractivity (Wildman–Crippen MR) is 81.8 cm³/mol. The van der Waals surface area contributed by atoms with Crippen molar-refractivity contribution in [2.45, 2.75) is 25.4 Å². The topological polar surface area (TPSA) is 41.1 Å². The zero-order valence-corrected chi connectivity index (χ0v) is 12.2. The first-order valence-electron chi connectivity index (χ1n) is 6.90. The highest BCUT2D eigenvalue weighted by molar-refractivity contribution is 7.10. The normalized spacial score (nSPS) is 19.1. The Kier molecular flexibility index (Phi) is 3.85. The van der Waals surface area contributed by atoms with E-state index in [1.54, 1.807) is 11.3 Å². The summed E-state index contributed by atoms with van der Waals surface area (Å²) in [4.78, 5) is 13.7. The van der Waals surface area contributed by atoms with Gasteiger partial charge in [-0.15, -0.1) is 11.3 Å². The van der Waals surface area contributed by atoms with E-state index in [1.165, 1.54) is 10.4 Å². The van der Waals surface area contributed by atoms with Gasteiger partial charge in [-0.3, -0.25) is 4.79 Å². The van der Waals surface area contributed by atoms with Crippen LogP contribution in [0.25, 0.3) is 0 Å². The minimum Gasteiger partial charge on any atom is -0.347 e. The van der Waals surface area contributed by atoms with E-state index in [1.807, 2.05) is 36.6 Å². The SMILES string of the molecule is CC(NC(=O)C1NCCc2ccccc21)c1cccs1. The van der Waals surface area contributed by atoms with Gasteiger partial charge in [0.25, 0.3) is 0 Å². The number of amides is 1. The number of rotatable bonds is 3. The molecule has 1 aromatic heterocycles. The van der Waals surface area contributed by atoms with Crippen LogP contribution in [0.5, 0.6) is 0 Å². The van der Waals surface area contributed by atoms with Gasteiger partial charge in [0.2, 0.25) is 5.91 Å². The fraction of sp³-hybridized carbons (Fsp3) is 0.312. The summed E-state index contributed by atoms with van der Waals surface area (Å²) in [6.45, 7) is 2.88. The van der Waals surface area contributed by atoms with Gasteiger partial charge in [-0.2, -0.15) is 0 Å². The van der Waals surface area contributed by atoms with Gasteiger partial charge in [0.05, 0.1) is 6.04 Å². The van der Waals surface area contributed by atoms with E-state index in [-0.39, 0.29) is 18.0 Å². The second kappa shape index (κ2) is 5.77. The highest BCUT2D eigenvalue weighted by Crippen LogP contribution is 2.24. The molecule has 0 radical (unpaired) electrons. The van der Waals surface area contributed by atoms with E-state index in [0.29, 0.717) is 0 Å². The van der Waals surface area contributed by atoms with Gasteiger partial charge in [-0.1, -0.05) is 30.3 Å². The number of benzene rings is 1. The van der Waals surface area contributed by atoms with E-state index in [2.05, 4.69) is 22.8 Å². The molecule has 2 atom stereocenters. The van der Waals surface area contributed by atoms with E-state index in [4.69, 9.17) is 0 Å². The summed E-state index contributed by atoms with van der Waals surface area (Å²) in [7, 11) is 0. The maximum absolute atomic E-state index is 12.5. The van der Waals surface area contributed by atoms with E-state index in [0.717, 1.165) is 18.5 Å². The lowest BCUT2D eigenvalue weighted by Gasteiger charge is -2.27. The summed E-state index contributed by atoms with van der Waals surface area (Å²) in [5.41, 5.74) is 2.38. The molecule has 4 heteroatoms. The van der Waals surface area contributed by atoms with Crippen molar-refractivity contribution >= 4 is 17.2 Å². The van der Waals surface area contributed by atoms with Crippen molar-refractivity contribution in [3.8, 4) is 0 Å². The molecule has 2 aromatic rings. The fourth-order valence-corrected chi connectivity index (χ4v) is 3.38. The Morgan fingerprint density at radius 2 is 2.20 bits per heavy atom. The molecule has 0 saturated heterocycles. The summed E-state index contributed by atoms with van der Waals surface area (Å²) < 4.78 is 0. The molecule has 0 spiro atoms. The molecular formula is C16H18N2OS. The number of carbonyl (C=O) groups is 1. The first kappa shape index (κ1) is 13.3. The van der Waals surface area contributed by atoms with Crippen molar-refractivity contribution in [2.75, 3.05) is 6.54 Å². The molecular weight excluding hydrogens is 268 g/mol. The Hall–Kier alpha value is -1.65. The minimum absolute atomic E-state index is 0.0538. The van der Waals surface area contributed by atoms with Gasteiger partial charge < -0.3 is 10.6 Å². The molecule has 1 aliphatic rings. The summed E-state index contributed by atoms with van der Waals surface area (Å²) in [5, 5.41) is 8.45. The van der Waals surface area contributed by atoms with Gasteiger partial charge in [-0.05, 0) is 35.9 Å². The predicted octanol–water partition coefficient (Wildman–Crippen LogP) is 2.81. The standard InChI is InChI=1S/C16H18N2OS/c1-11(14-7-4-10-20-14)18-16(19)15-13-6-3-2-5-12(13)8-9-17-15/h2-7,10-11,15,17H,8-9H2,1H3,(H,18,19). The minimum atomic E-state index is -0.234. The van der Waals surface area contributed by atoms with Crippen molar-refractivity contribution < 1.29 is 4.79 Å². The first-order chi connectivity index (χ1) is 9.75. The summed E-state index contributed by atoms with van der Waals surface area (Å²) in [5.74, 6) is 0.0538. The molecule has 20 heavy (non-hydrogen) atoms. The van der Waals surface area contributed by atoms with Gasteiger partial charge in [-0.25, -0.2) is 0 Å².